The van der Waals surface area contributed by atoms with E-state index in [0.29, 0.717) is 5.92 Å². The maximum Gasteiger partial charge on any atom is 0.416 e. The van der Waals surface area contributed by atoms with E-state index in [2.05, 4.69) is 6.92 Å². The molecule has 1 aromatic carbocycles. The summed E-state index contributed by atoms with van der Waals surface area (Å²) in [6.45, 7) is 2.24. The maximum atomic E-state index is 12.8. The van der Waals surface area contributed by atoms with Crippen LogP contribution in [-0.4, -0.2) is 0 Å². The Labute approximate surface area is 144 Å². The molecular formula is C21H31F3. The Morgan fingerprint density at radius 1 is 0.917 bits per heavy atom. The number of unbranched alkanes of at least 4 members (excludes halogenated alkanes) is 4. The van der Waals surface area contributed by atoms with Crippen LogP contribution in [0.15, 0.2) is 24.3 Å². The van der Waals surface area contributed by atoms with Crippen molar-refractivity contribution >= 4 is 0 Å². The highest BCUT2D eigenvalue weighted by Gasteiger charge is 2.30. The average Bonchev–Trinajstić information content (AvgIpc) is 2.56. The zero-order valence-electron chi connectivity index (χ0n) is 14.9. The van der Waals surface area contributed by atoms with Gasteiger partial charge >= 0.3 is 6.18 Å². The molecule has 1 saturated carbocycles. The van der Waals surface area contributed by atoms with Gasteiger partial charge in [-0.15, -0.1) is 0 Å². The molecule has 0 bridgehead atoms. The predicted octanol–water partition coefficient (Wildman–Crippen LogP) is 7.41. The van der Waals surface area contributed by atoms with Crippen molar-refractivity contribution in [3.8, 4) is 0 Å². The topological polar surface area (TPSA) is 0 Å². The van der Waals surface area contributed by atoms with Crippen molar-refractivity contribution in [3.05, 3.63) is 35.4 Å². The first-order valence-electron chi connectivity index (χ1n) is 9.65. The van der Waals surface area contributed by atoms with E-state index in [1.54, 1.807) is 6.07 Å². The van der Waals surface area contributed by atoms with Crippen LogP contribution in [0.4, 0.5) is 13.2 Å². The van der Waals surface area contributed by atoms with Crippen LogP contribution in [0.5, 0.6) is 0 Å². The fraction of sp³-hybridized carbons (Fsp3) is 0.714. The summed E-state index contributed by atoms with van der Waals surface area (Å²) in [5.41, 5.74) is 0.327. The molecule has 3 heteroatoms. The fourth-order valence-corrected chi connectivity index (χ4v) is 3.97. The maximum absolute atomic E-state index is 12.8. The van der Waals surface area contributed by atoms with E-state index >= 15 is 0 Å². The number of benzene rings is 1. The van der Waals surface area contributed by atoms with Crippen molar-refractivity contribution in [2.45, 2.75) is 83.7 Å². The molecule has 136 valence electrons. The second kappa shape index (κ2) is 9.48. The highest BCUT2D eigenvalue weighted by molar-refractivity contribution is 5.26. The molecule has 0 radical (unpaired) electrons. The smallest absolute Gasteiger partial charge is 0.166 e. The van der Waals surface area contributed by atoms with Gasteiger partial charge in [-0.2, -0.15) is 13.2 Å². The summed E-state index contributed by atoms with van der Waals surface area (Å²) in [6.07, 6.45) is 9.51. The van der Waals surface area contributed by atoms with E-state index in [9.17, 15) is 13.2 Å². The number of alkyl halides is 3. The minimum Gasteiger partial charge on any atom is -0.166 e. The lowest BCUT2D eigenvalue weighted by Crippen LogP contribution is -2.16. The molecule has 1 fully saturated rings. The fourth-order valence-electron chi connectivity index (χ4n) is 3.97. The Balaban J connectivity index is 1.71. The molecule has 0 atom stereocenters. The van der Waals surface area contributed by atoms with E-state index in [1.807, 2.05) is 6.07 Å². The molecule has 0 unspecified atom stereocenters. The molecule has 1 aromatic rings. The number of rotatable bonds is 8. The average molecular weight is 340 g/mol. The van der Waals surface area contributed by atoms with Gasteiger partial charge in [0.25, 0.3) is 0 Å². The van der Waals surface area contributed by atoms with Crippen molar-refractivity contribution < 1.29 is 13.2 Å². The van der Waals surface area contributed by atoms with E-state index < -0.39 is 11.7 Å². The lowest BCUT2D eigenvalue weighted by Gasteiger charge is -2.28. The van der Waals surface area contributed by atoms with Gasteiger partial charge in [-0.05, 0) is 42.7 Å². The first-order chi connectivity index (χ1) is 11.5. The molecule has 24 heavy (non-hydrogen) atoms. The molecule has 0 saturated heterocycles. The lowest BCUT2D eigenvalue weighted by molar-refractivity contribution is -0.137. The third kappa shape index (κ3) is 6.49. The summed E-state index contributed by atoms with van der Waals surface area (Å²) in [7, 11) is 0. The number of hydrogen-bond acceptors (Lipinski definition) is 0. The Morgan fingerprint density at radius 3 is 2.25 bits per heavy atom. The molecule has 1 aliphatic carbocycles. The Bertz CT molecular complexity index is 470. The Hall–Kier alpha value is -0.990. The zero-order chi connectivity index (χ0) is 17.4. The van der Waals surface area contributed by atoms with E-state index in [-0.39, 0.29) is 0 Å². The normalized spacial score (nSPS) is 21.8. The summed E-state index contributed by atoms with van der Waals surface area (Å²) >= 11 is 0. The highest BCUT2D eigenvalue weighted by Crippen LogP contribution is 2.35. The summed E-state index contributed by atoms with van der Waals surface area (Å²) in [5, 5.41) is 0. The zero-order valence-corrected chi connectivity index (χ0v) is 14.9. The standard InChI is InChI=1S/C21H31F3/c1-2-3-4-5-6-8-17-11-13-18(14-12-17)15-19-9-7-10-20(16-19)21(22,23)24/h7,9-10,16-18H,2-6,8,11-15H2,1H3. The quantitative estimate of drug-likeness (QED) is 0.432. The van der Waals surface area contributed by atoms with Crippen LogP contribution in [0.3, 0.4) is 0 Å². The van der Waals surface area contributed by atoms with Crippen LogP contribution in [0.2, 0.25) is 0 Å². The van der Waals surface area contributed by atoms with Gasteiger partial charge in [-0.1, -0.05) is 76.5 Å². The van der Waals surface area contributed by atoms with Gasteiger partial charge in [0.2, 0.25) is 0 Å². The first-order valence-corrected chi connectivity index (χ1v) is 9.65. The molecule has 0 nitrogen and oxygen atoms in total. The molecule has 2 rings (SSSR count). The second-order valence-corrected chi connectivity index (χ2v) is 7.49. The van der Waals surface area contributed by atoms with Crippen LogP contribution < -0.4 is 0 Å². The SMILES string of the molecule is CCCCCCCC1CCC(Cc2cccc(C(F)(F)F)c2)CC1. The second-order valence-electron chi connectivity index (χ2n) is 7.49. The first kappa shape index (κ1) is 19.3. The molecule has 1 aliphatic rings. The highest BCUT2D eigenvalue weighted by atomic mass is 19.4. The summed E-state index contributed by atoms with van der Waals surface area (Å²) in [4.78, 5) is 0. The van der Waals surface area contributed by atoms with Crippen molar-refractivity contribution in [2.75, 3.05) is 0 Å². The summed E-state index contributed by atoms with van der Waals surface area (Å²) in [5.74, 6) is 1.41. The van der Waals surface area contributed by atoms with E-state index in [0.717, 1.165) is 17.9 Å². The van der Waals surface area contributed by atoms with E-state index in [1.165, 1.54) is 76.3 Å². The monoisotopic (exact) mass is 340 g/mol. The summed E-state index contributed by atoms with van der Waals surface area (Å²) < 4.78 is 38.4. The molecule has 0 N–H and O–H groups in total. The van der Waals surface area contributed by atoms with Crippen LogP contribution in [0.1, 0.15) is 82.3 Å². The third-order valence-electron chi connectivity index (χ3n) is 5.46. The summed E-state index contributed by atoms with van der Waals surface area (Å²) in [6, 6.07) is 5.88. The third-order valence-corrected chi connectivity index (χ3v) is 5.46. The lowest BCUT2D eigenvalue weighted by atomic mass is 9.77. The van der Waals surface area contributed by atoms with Gasteiger partial charge in [0.05, 0.1) is 5.56 Å². The van der Waals surface area contributed by atoms with Crippen LogP contribution in [0, 0.1) is 11.8 Å². The molecule has 0 aromatic heterocycles. The number of halogens is 3. The minimum atomic E-state index is -4.23. The molecule has 0 amide bonds. The Kier molecular flexibility index (Phi) is 7.64. The molecular weight excluding hydrogens is 309 g/mol. The predicted molar refractivity (Wildman–Crippen MR) is 94.0 cm³/mol. The van der Waals surface area contributed by atoms with Gasteiger partial charge in [0.15, 0.2) is 0 Å². The van der Waals surface area contributed by atoms with Gasteiger partial charge in [-0.25, -0.2) is 0 Å². The van der Waals surface area contributed by atoms with Crippen molar-refractivity contribution in [3.63, 3.8) is 0 Å². The van der Waals surface area contributed by atoms with Crippen LogP contribution in [-0.2, 0) is 12.6 Å². The van der Waals surface area contributed by atoms with Crippen LogP contribution >= 0.6 is 0 Å². The minimum absolute atomic E-state index is 0.513. The molecule has 0 aliphatic heterocycles. The molecule has 0 heterocycles. The number of hydrogen-bond donors (Lipinski definition) is 0. The van der Waals surface area contributed by atoms with E-state index in [4.69, 9.17) is 0 Å². The van der Waals surface area contributed by atoms with Crippen LogP contribution in [0.25, 0.3) is 0 Å². The largest absolute Gasteiger partial charge is 0.416 e. The van der Waals surface area contributed by atoms with Crippen molar-refractivity contribution in [1.29, 1.82) is 0 Å². The molecule has 0 spiro atoms. The van der Waals surface area contributed by atoms with Crippen molar-refractivity contribution in [1.82, 2.24) is 0 Å². The van der Waals surface area contributed by atoms with Crippen molar-refractivity contribution in [2.24, 2.45) is 11.8 Å². The van der Waals surface area contributed by atoms with Gasteiger partial charge in [-0.3, -0.25) is 0 Å². The van der Waals surface area contributed by atoms with Gasteiger partial charge in [0.1, 0.15) is 0 Å². The van der Waals surface area contributed by atoms with Gasteiger partial charge in [0, 0.05) is 0 Å². The Morgan fingerprint density at radius 2 is 1.58 bits per heavy atom. The van der Waals surface area contributed by atoms with Gasteiger partial charge < -0.3 is 0 Å².